The van der Waals surface area contributed by atoms with E-state index in [1.54, 1.807) is 20.8 Å². The summed E-state index contributed by atoms with van der Waals surface area (Å²) >= 11 is 0. The van der Waals surface area contributed by atoms with E-state index < -0.39 is 23.9 Å². The molecule has 1 saturated heterocycles. The molecule has 0 spiro atoms. The van der Waals surface area contributed by atoms with Crippen LogP contribution in [0.5, 0.6) is 0 Å². The van der Waals surface area contributed by atoms with E-state index in [4.69, 9.17) is 4.74 Å². The van der Waals surface area contributed by atoms with E-state index in [9.17, 15) is 14.0 Å². The van der Waals surface area contributed by atoms with E-state index in [-0.39, 0.29) is 13.0 Å². The van der Waals surface area contributed by atoms with Gasteiger partial charge in [-0.1, -0.05) is 0 Å². The number of amides is 1. The maximum absolute atomic E-state index is 13.0. The van der Waals surface area contributed by atoms with Gasteiger partial charge in [0.25, 0.3) is 0 Å². The molecule has 0 unspecified atom stereocenters. The molecule has 1 aliphatic rings. The molecule has 86 valence electrons. The fraction of sp³-hybridized carbons (Fsp3) is 0.800. The molecule has 1 aliphatic heterocycles. The van der Waals surface area contributed by atoms with Crippen LogP contribution >= 0.6 is 0 Å². The van der Waals surface area contributed by atoms with Gasteiger partial charge in [0.05, 0.1) is 12.6 Å². The molecular weight excluding hydrogens is 201 g/mol. The number of hydrogen-bond acceptors (Lipinski definition) is 3. The Kier molecular flexibility index (Phi) is 3.31. The number of carbonyl (C=O) groups is 2. The van der Waals surface area contributed by atoms with Crippen LogP contribution in [0.4, 0.5) is 9.18 Å². The lowest BCUT2D eigenvalue weighted by Crippen LogP contribution is -2.40. The largest absolute Gasteiger partial charge is 0.444 e. The molecule has 4 nitrogen and oxygen atoms in total. The van der Waals surface area contributed by atoms with Gasteiger partial charge in [0, 0.05) is 6.42 Å². The van der Waals surface area contributed by atoms with Crippen molar-refractivity contribution in [3.63, 3.8) is 0 Å². The maximum Gasteiger partial charge on any atom is 0.410 e. The van der Waals surface area contributed by atoms with Gasteiger partial charge in [-0.3, -0.25) is 4.90 Å². The summed E-state index contributed by atoms with van der Waals surface area (Å²) in [4.78, 5) is 23.3. The second-order valence-corrected chi connectivity index (χ2v) is 4.67. The number of aldehydes is 1. The van der Waals surface area contributed by atoms with Crippen LogP contribution in [-0.4, -0.2) is 41.6 Å². The quantitative estimate of drug-likeness (QED) is 0.626. The van der Waals surface area contributed by atoms with E-state index in [0.29, 0.717) is 6.29 Å². The van der Waals surface area contributed by atoms with Crippen LogP contribution in [0, 0.1) is 0 Å². The average Bonchev–Trinajstić information content (AvgIpc) is 2.43. The van der Waals surface area contributed by atoms with Crippen molar-refractivity contribution in [1.29, 1.82) is 0 Å². The minimum atomic E-state index is -1.13. The molecular formula is C10H16FNO3. The predicted molar refractivity (Wildman–Crippen MR) is 52.3 cm³/mol. The Labute approximate surface area is 88.4 Å². The topological polar surface area (TPSA) is 46.6 Å². The molecule has 0 aliphatic carbocycles. The zero-order valence-electron chi connectivity index (χ0n) is 9.20. The average molecular weight is 217 g/mol. The highest BCUT2D eigenvalue weighted by atomic mass is 19.1. The second-order valence-electron chi connectivity index (χ2n) is 4.67. The Morgan fingerprint density at radius 2 is 2.13 bits per heavy atom. The minimum absolute atomic E-state index is 0.0572. The van der Waals surface area contributed by atoms with Crippen molar-refractivity contribution in [3.05, 3.63) is 0 Å². The summed E-state index contributed by atoms with van der Waals surface area (Å²) in [5, 5.41) is 0. The molecule has 0 aromatic carbocycles. The molecule has 0 saturated carbocycles. The molecule has 0 bridgehead atoms. The van der Waals surface area contributed by atoms with Crippen molar-refractivity contribution in [2.75, 3.05) is 6.54 Å². The van der Waals surface area contributed by atoms with E-state index in [2.05, 4.69) is 0 Å². The van der Waals surface area contributed by atoms with Crippen molar-refractivity contribution in [3.8, 4) is 0 Å². The van der Waals surface area contributed by atoms with Gasteiger partial charge in [-0.2, -0.15) is 0 Å². The van der Waals surface area contributed by atoms with E-state index in [1.807, 2.05) is 0 Å². The molecule has 0 aromatic heterocycles. The Morgan fingerprint density at radius 3 is 2.60 bits per heavy atom. The molecule has 1 rings (SSSR count). The third-order valence-electron chi connectivity index (χ3n) is 2.08. The third-order valence-corrected chi connectivity index (χ3v) is 2.08. The first-order valence-corrected chi connectivity index (χ1v) is 4.92. The van der Waals surface area contributed by atoms with Gasteiger partial charge in [0.2, 0.25) is 0 Å². The smallest absolute Gasteiger partial charge is 0.410 e. The number of likely N-dealkylation sites (tertiary alicyclic amines) is 1. The number of rotatable bonds is 1. The fourth-order valence-corrected chi connectivity index (χ4v) is 1.47. The molecule has 1 heterocycles. The first-order chi connectivity index (χ1) is 6.83. The lowest BCUT2D eigenvalue weighted by molar-refractivity contribution is -0.111. The van der Waals surface area contributed by atoms with Crippen LogP contribution < -0.4 is 0 Å². The molecule has 0 aromatic rings. The molecule has 0 N–H and O–H groups in total. The number of halogens is 1. The summed E-state index contributed by atoms with van der Waals surface area (Å²) in [6, 6.07) is -0.685. The lowest BCUT2D eigenvalue weighted by atomic mass is 10.2. The molecule has 5 heteroatoms. The summed E-state index contributed by atoms with van der Waals surface area (Å²) in [5.41, 5.74) is -0.626. The number of carbonyl (C=O) groups excluding carboxylic acids is 2. The Morgan fingerprint density at radius 1 is 1.53 bits per heavy atom. The number of ether oxygens (including phenoxy) is 1. The zero-order chi connectivity index (χ0) is 11.6. The Balaban J connectivity index is 2.63. The van der Waals surface area contributed by atoms with E-state index in [0.717, 1.165) is 4.90 Å². The van der Waals surface area contributed by atoms with E-state index >= 15 is 0 Å². The van der Waals surface area contributed by atoms with Gasteiger partial charge in [0.15, 0.2) is 0 Å². The van der Waals surface area contributed by atoms with E-state index in [1.165, 1.54) is 0 Å². The first-order valence-electron chi connectivity index (χ1n) is 4.92. The maximum atomic E-state index is 13.0. The summed E-state index contributed by atoms with van der Waals surface area (Å²) < 4.78 is 18.1. The standard InChI is InChI=1S/C10H16FNO3/c1-10(2,3)15-9(14)12-5-7(11)4-8(12)6-13/h6-8H,4-5H2,1-3H3/t7-,8+/m1/s1. The molecule has 1 fully saturated rings. The monoisotopic (exact) mass is 217 g/mol. The SMILES string of the molecule is CC(C)(C)OC(=O)N1C[C@H](F)C[C@H]1C=O. The lowest BCUT2D eigenvalue weighted by Gasteiger charge is -2.26. The molecule has 2 atom stereocenters. The van der Waals surface area contributed by atoms with Crippen LogP contribution in [-0.2, 0) is 9.53 Å². The minimum Gasteiger partial charge on any atom is -0.444 e. The zero-order valence-corrected chi connectivity index (χ0v) is 9.20. The van der Waals surface area contributed by atoms with Crippen molar-refractivity contribution < 1.29 is 18.7 Å². The number of nitrogens with zero attached hydrogens (tertiary/aromatic N) is 1. The van der Waals surface area contributed by atoms with Crippen LogP contribution in [0.15, 0.2) is 0 Å². The fourth-order valence-electron chi connectivity index (χ4n) is 1.47. The Bertz CT molecular complexity index is 262. The van der Waals surface area contributed by atoms with Crippen molar-refractivity contribution in [1.82, 2.24) is 4.90 Å². The van der Waals surface area contributed by atoms with Gasteiger partial charge in [-0.15, -0.1) is 0 Å². The predicted octanol–water partition coefficient (Wildman–Crippen LogP) is 1.53. The summed E-state index contributed by atoms with van der Waals surface area (Å²) in [5.74, 6) is 0. The van der Waals surface area contributed by atoms with Crippen LogP contribution in [0.2, 0.25) is 0 Å². The van der Waals surface area contributed by atoms with Crippen molar-refractivity contribution >= 4 is 12.4 Å². The second kappa shape index (κ2) is 4.16. The van der Waals surface area contributed by atoms with Gasteiger partial charge < -0.3 is 9.53 Å². The first kappa shape index (κ1) is 11.9. The summed E-state index contributed by atoms with van der Waals surface area (Å²) in [6.45, 7) is 5.12. The van der Waals surface area contributed by atoms with Crippen molar-refractivity contribution in [2.24, 2.45) is 0 Å². The highest BCUT2D eigenvalue weighted by molar-refractivity contribution is 5.74. The highest BCUT2D eigenvalue weighted by Crippen LogP contribution is 2.21. The third kappa shape index (κ3) is 3.18. The number of hydrogen-bond donors (Lipinski definition) is 0. The summed E-state index contributed by atoms with van der Waals surface area (Å²) in [6.07, 6.45) is -1.10. The highest BCUT2D eigenvalue weighted by Gasteiger charge is 2.37. The van der Waals surface area contributed by atoms with Crippen LogP contribution in [0.3, 0.4) is 0 Å². The van der Waals surface area contributed by atoms with Crippen LogP contribution in [0.1, 0.15) is 27.2 Å². The Hall–Kier alpha value is -1.13. The van der Waals surface area contributed by atoms with Gasteiger partial charge >= 0.3 is 6.09 Å². The summed E-state index contributed by atoms with van der Waals surface area (Å²) in [7, 11) is 0. The normalized spacial score (nSPS) is 26.5. The molecule has 0 radical (unpaired) electrons. The van der Waals surface area contributed by atoms with Crippen LogP contribution in [0.25, 0.3) is 0 Å². The van der Waals surface area contributed by atoms with Gasteiger partial charge in [-0.05, 0) is 20.8 Å². The van der Waals surface area contributed by atoms with Gasteiger partial charge in [-0.25, -0.2) is 9.18 Å². The number of alkyl halides is 1. The molecule has 15 heavy (non-hydrogen) atoms. The molecule has 1 amide bonds. The van der Waals surface area contributed by atoms with Crippen molar-refractivity contribution in [2.45, 2.75) is 45.0 Å². The van der Waals surface area contributed by atoms with Gasteiger partial charge in [0.1, 0.15) is 18.1 Å².